The summed E-state index contributed by atoms with van der Waals surface area (Å²) < 4.78 is 274. The number of hydrogen-bond acceptors (Lipinski definition) is 0. The molecule has 0 aliphatic rings. The highest BCUT2D eigenvalue weighted by molar-refractivity contribution is 6.31. The molecule has 0 rings (SSSR count). The van der Waals surface area contributed by atoms with Crippen molar-refractivity contribution in [1.29, 1.82) is 0 Å². The Bertz CT molecular complexity index is 772. The van der Waals surface area contributed by atoms with Crippen LogP contribution >= 0.6 is 11.6 Å². The van der Waals surface area contributed by atoms with Crippen molar-refractivity contribution in [1.82, 2.24) is 0 Å². The summed E-state index contributed by atoms with van der Waals surface area (Å²) in [6.45, 7) is 0. The molecule has 0 amide bonds. The van der Waals surface area contributed by atoms with Gasteiger partial charge in [-0.15, -0.1) is 0 Å². The van der Waals surface area contributed by atoms with Crippen molar-refractivity contribution in [2.75, 3.05) is 0 Å². The summed E-state index contributed by atoms with van der Waals surface area (Å²) in [5.74, 6) is -34.7. The molecule has 3 atom stereocenters. The summed E-state index contributed by atoms with van der Waals surface area (Å²) in [4.78, 5) is 0. The lowest BCUT2D eigenvalue weighted by Gasteiger charge is -2.47. The number of rotatable bonds is 8. The predicted octanol–water partition coefficient (Wildman–Crippen LogP) is 8.02. The molecule has 0 aliphatic carbocycles. The topological polar surface area (TPSA) is 0 Å². The molecule has 34 heavy (non-hydrogen) atoms. The quantitative estimate of drug-likeness (QED) is 0.255. The SMILES string of the molecule is FC(F)=C(Cl)C(F)(C(F)(F)F)C(F)(F)C(F)(C(F)F)C(F)(F)C(F)(F)C(F)(F)C(F)C(F)(F)F. The zero-order valence-electron chi connectivity index (χ0n) is 14.5. The lowest BCUT2D eigenvalue weighted by molar-refractivity contribution is -0.426. The van der Waals surface area contributed by atoms with Crippen LogP contribution in [0.2, 0.25) is 0 Å². The van der Waals surface area contributed by atoms with Gasteiger partial charge in [-0.1, -0.05) is 11.6 Å². The second-order valence-corrected chi connectivity index (χ2v) is 6.37. The standard InChI is InChI=1S/C12H2ClF21/c13-1(2(14)15)5(19,12(32,33)34)9(26,27)6(20,4(17)18)10(28,29)11(30,31)7(21,22)3(16)8(23,24)25/h3-4H. The molecule has 0 aromatic heterocycles. The third-order valence-electron chi connectivity index (χ3n) is 3.92. The average Bonchev–Trinajstić information content (AvgIpc) is 2.62. The molecule has 0 heterocycles. The molecular formula is C12H2ClF21. The Hall–Kier alpha value is -1.44. The Labute approximate surface area is 176 Å². The molecule has 0 aromatic carbocycles. The van der Waals surface area contributed by atoms with Gasteiger partial charge >= 0.3 is 47.4 Å². The van der Waals surface area contributed by atoms with Crippen LogP contribution in [0.3, 0.4) is 0 Å². The van der Waals surface area contributed by atoms with Crippen LogP contribution in [-0.4, -0.2) is 60.0 Å². The van der Waals surface area contributed by atoms with Crippen molar-refractivity contribution >= 4 is 11.6 Å². The molecular weight excluding hydrogens is 579 g/mol. The fraction of sp³-hybridized carbons (Fsp3) is 0.833. The van der Waals surface area contributed by atoms with Gasteiger partial charge in [0, 0.05) is 0 Å². The first kappa shape index (κ1) is 32.6. The van der Waals surface area contributed by atoms with E-state index in [0.717, 1.165) is 0 Å². The molecule has 0 aromatic rings. The predicted molar refractivity (Wildman–Crippen MR) is 65.6 cm³/mol. The smallest absolute Gasteiger partial charge is 0.230 e. The number of alkyl halides is 19. The minimum atomic E-state index is -8.97. The molecule has 0 spiro atoms. The zero-order valence-corrected chi connectivity index (χ0v) is 15.2. The van der Waals surface area contributed by atoms with Crippen molar-refractivity contribution in [3.63, 3.8) is 0 Å². The van der Waals surface area contributed by atoms with E-state index in [0.29, 0.717) is 0 Å². The van der Waals surface area contributed by atoms with Gasteiger partial charge in [-0.25, -0.2) is 22.0 Å². The Morgan fingerprint density at radius 2 is 0.912 bits per heavy atom. The fourth-order valence-corrected chi connectivity index (χ4v) is 2.32. The van der Waals surface area contributed by atoms with Gasteiger partial charge in [0.05, 0.1) is 0 Å². The first-order valence-electron chi connectivity index (χ1n) is 7.11. The maximum Gasteiger partial charge on any atom is 0.434 e. The first-order chi connectivity index (χ1) is 14.5. The third-order valence-corrected chi connectivity index (χ3v) is 4.33. The molecule has 0 aliphatic heterocycles. The third kappa shape index (κ3) is 4.11. The maximum absolute atomic E-state index is 14.2. The molecule has 204 valence electrons. The van der Waals surface area contributed by atoms with Gasteiger partial charge in [-0.3, -0.25) is 0 Å². The van der Waals surface area contributed by atoms with Crippen molar-refractivity contribution < 1.29 is 92.2 Å². The minimum Gasteiger partial charge on any atom is -0.230 e. The van der Waals surface area contributed by atoms with E-state index >= 15 is 0 Å². The van der Waals surface area contributed by atoms with Crippen LogP contribution in [0, 0.1) is 0 Å². The van der Waals surface area contributed by atoms with Crippen LogP contribution in [-0.2, 0) is 0 Å². The lowest BCUT2D eigenvalue weighted by Crippen LogP contribution is -2.78. The molecule has 22 heteroatoms. The second kappa shape index (κ2) is 8.59. The van der Waals surface area contributed by atoms with E-state index in [1.165, 1.54) is 0 Å². The van der Waals surface area contributed by atoms with E-state index in [9.17, 15) is 92.2 Å². The molecule has 0 saturated carbocycles. The van der Waals surface area contributed by atoms with Crippen LogP contribution in [0.4, 0.5) is 92.2 Å². The van der Waals surface area contributed by atoms with Gasteiger partial charge < -0.3 is 0 Å². The summed E-state index contributed by atoms with van der Waals surface area (Å²) in [6, 6.07) is 0. The van der Waals surface area contributed by atoms with E-state index < -0.39 is 71.1 Å². The van der Waals surface area contributed by atoms with Crippen LogP contribution < -0.4 is 0 Å². The highest BCUT2D eigenvalue weighted by atomic mass is 35.5. The monoisotopic (exact) mass is 580 g/mol. The largest absolute Gasteiger partial charge is 0.434 e. The Morgan fingerprint density at radius 3 is 1.15 bits per heavy atom. The van der Waals surface area contributed by atoms with Gasteiger partial charge in [0.1, 0.15) is 5.03 Å². The van der Waals surface area contributed by atoms with Gasteiger partial charge in [-0.05, 0) is 0 Å². The fourth-order valence-electron chi connectivity index (χ4n) is 2.09. The zero-order chi connectivity index (χ0) is 28.3. The Morgan fingerprint density at radius 1 is 0.559 bits per heavy atom. The van der Waals surface area contributed by atoms with E-state index in [1.807, 2.05) is 0 Å². The molecule has 0 bridgehead atoms. The summed E-state index contributed by atoms with van der Waals surface area (Å²) in [6.07, 6.45) is -33.4. The molecule has 0 nitrogen and oxygen atoms in total. The van der Waals surface area contributed by atoms with E-state index in [2.05, 4.69) is 11.6 Å². The highest BCUT2D eigenvalue weighted by Crippen LogP contribution is 2.66. The number of allylic oxidation sites excluding steroid dienone is 1. The van der Waals surface area contributed by atoms with Crippen molar-refractivity contribution in [3.05, 3.63) is 11.1 Å². The number of halogens is 22. The van der Waals surface area contributed by atoms with Crippen LogP contribution in [0.25, 0.3) is 0 Å². The molecule has 0 fully saturated rings. The van der Waals surface area contributed by atoms with Crippen LogP contribution in [0.15, 0.2) is 11.1 Å². The van der Waals surface area contributed by atoms with E-state index in [-0.39, 0.29) is 0 Å². The van der Waals surface area contributed by atoms with Crippen LogP contribution in [0.5, 0.6) is 0 Å². The van der Waals surface area contributed by atoms with Gasteiger partial charge in [0.15, 0.2) is 0 Å². The van der Waals surface area contributed by atoms with Gasteiger partial charge in [0.25, 0.3) is 18.7 Å². The average molecular weight is 581 g/mol. The van der Waals surface area contributed by atoms with E-state index in [4.69, 9.17) is 0 Å². The molecule has 0 saturated heterocycles. The summed E-state index contributed by atoms with van der Waals surface area (Å²) >= 11 is 3.82. The number of hydrogen-bond donors (Lipinski definition) is 0. The van der Waals surface area contributed by atoms with Crippen molar-refractivity contribution in [3.8, 4) is 0 Å². The Kier molecular flexibility index (Phi) is 8.23. The van der Waals surface area contributed by atoms with Gasteiger partial charge in [-0.2, -0.15) is 70.2 Å². The molecule has 3 unspecified atom stereocenters. The molecule has 0 radical (unpaired) electrons. The normalized spacial score (nSPS) is 19.5. The molecule has 0 N–H and O–H groups in total. The lowest BCUT2D eigenvalue weighted by atomic mass is 9.76. The summed E-state index contributed by atoms with van der Waals surface area (Å²) in [5, 5.41) is -4.43. The first-order valence-corrected chi connectivity index (χ1v) is 7.49. The second-order valence-electron chi connectivity index (χ2n) is 5.99. The minimum absolute atomic E-state index is 3.82. The summed E-state index contributed by atoms with van der Waals surface area (Å²) in [5.41, 5.74) is -16.7. The Balaban J connectivity index is 7.59. The highest BCUT2D eigenvalue weighted by Gasteiger charge is 2.95. The maximum atomic E-state index is 14.2. The van der Waals surface area contributed by atoms with E-state index in [1.54, 1.807) is 0 Å². The summed E-state index contributed by atoms with van der Waals surface area (Å²) in [7, 11) is 0. The van der Waals surface area contributed by atoms with Crippen molar-refractivity contribution in [2.45, 2.75) is 60.0 Å². The van der Waals surface area contributed by atoms with Crippen molar-refractivity contribution in [2.24, 2.45) is 0 Å². The van der Waals surface area contributed by atoms with Gasteiger partial charge in [0.2, 0.25) is 0 Å². The van der Waals surface area contributed by atoms with Crippen LogP contribution in [0.1, 0.15) is 0 Å².